The van der Waals surface area contributed by atoms with Crippen molar-refractivity contribution in [2.45, 2.75) is 19.1 Å². The smallest absolute Gasteiger partial charge is 0.351 e. The molecule has 0 aliphatic carbocycles. The summed E-state index contributed by atoms with van der Waals surface area (Å²) < 4.78 is 16.2. The van der Waals surface area contributed by atoms with Crippen molar-refractivity contribution in [2.24, 2.45) is 0 Å². The van der Waals surface area contributed by atoms with E-state index in [1.54, 1.807) is 42.5 Å². The second-order valence-corrected chi connectivity index (χ2v) is 5.82. The van der Waals surface area contributed by atoms with Gasteiger partial charge < -0.3 is 19.5 Å². The van der Waals surface area contributed by atoms with Crippen molar-refractivity contribution in [1.29, 1.82) is 0 Å². The van der Waals surface area contributed by atoms with Gasteiger partial charge in [0.2, 0.25) is 6.10 Å². The van der Waals surface area contributed by atoms with Crippen LogP contribution in [0, 0.1) is 0 Å². The number of fused-ring (bicyclic) bond motifs is 1. The molecule has 0 spiro atoms. The molecule has 2 aromatic rings. The molecule has 2 atom stereocenters. The van der Waals surface area contributed by atoms with E-state index in [1.165, 1.54) is 6.92 Å². The van der Waals surface area contributed by atoms with Crippen LogP contribution in [0.2, 0.25) is 5.02 Å². The molecule has 1 aliphatic rings. The molecule has 0 unspecified atom stereocenters. The number of hydrogen-bond acceptors (Lipinski definition) is 5. The van der Waals surface area contributed by atoms with E-state index in [9.17, 15) is 9.59 Å². The highest BCUT2D eigenvalue weighted by Gasteiger charge is 2.31. The van der Waals surface area contributed by atoms with Crippen molar-refractivity contribution in [3.05, 3.63) is 53.6 Å². The van der Waals surface area contributed by atoms with Gasteiger partial charge in [0, 0.05) is 0 Å². The van der Waals surface area contributed by atoms with Crippen LogP contribution in [0.15, 0.2) is 48.5 Å². The van der Waals surface area contributed by atoms with Crippen LogP contribution >= 0.6 is 11.6 Å². The number of amides is 1. The summed E-state index contributed by atoms with van der Waals surface area (Å²) in [5.74, 6) is -0.130. The average molecular weight is 362 g/mol. The Bertz CT molecular complexity index is 795. The number of rotatable bonds is 4. The molecule has 1 heterocycles. The van der Waals surface area contributed by atoms with Crippen LogP contribution in [0.25, 0.3) is 0 Å². The van der Waals surface area contributed by atoms with Crippen molar-refractivity contribution >= 4 is 29.2 Å². The topological polar surface area (TPSA) is 73.9 Å². The van der Waals surface area contributed by atoms with E-state index in [2.05, 4.69) is 5.32 Å². The maximum atomic E-state index is 12.2. The number of hydrogen-bond donors (Lipinski definition) is 1. The molecule has 1 aliphatic heterocycles. The maximum Gasteiger partial charge on any atom is 0.351 e. The van der Waals surface area contributed by atoms with Gasteiger partial charge >= 0.3 is 5.97 Å². The number of ether oxygens (including phenoxy) is 3. The van der Waals surface area contributed by atoms with E-state index in [1.807, 2.05) is 6.07 Å². The number of esters is 1. The van der Waals surface area contributed by atoms with E-state index in [0.717, 1.165) is 0 Å². The highest BCUT2D eigenvalue weighted by molar-refractivity contribution is 6.33. The van der Waals surface area contributed by atoms with Gasteiger partial charge in [-0.2, -0.15) is 0 Å². The Hall–Kier alpha value is -2.73. The van der Waals surface area contributed by atoms with Gasteiger partial charge in [-0.1, -0.05) is 35.9 Å². The molecule has 0 fully saturated rings. The number of para-hydroxylation sites is 3. The van der Waals surface area contributed by atoms with E-state index < -0.39 is 24.1 Å². The molecule has 3 rings (SSSR count). The molecule has 130 valence electrons. The zero-order valence-electron chi connectivity index (χ0n) is 13.4. The van der Waals surface area contributed by atoms with Crippen LogP contribution in [-0.2, 0) is 14.3 Å². The van der Waals surface area contributed by atoms with Crippen molar-refractivity contribution in [3.8, 4) is 11.5 Å². The van der Waals surface area contributed by atoms with Gasteiger partial charge in [-0.25, -0.2) is 4.79 Å². The zero-order chi connectivity index (χ0) is 17.8. The summed E-state index contributed by atoms with van der Waals surface area (Å²) in [6, 6.07) is 13.8. The van der Waals surface area contributed by atoms with E-state index in [4.69, 9.17) is 25.8 Å². The monoisotopic (exact) mass is 361 g/mol. The lowest BCUT2D eigenvalue weighted by Gasteiger charge is -2.25. The number of benzene rings is 2. The molecular formula is C18H16ClNO5. The summed E-state index contributed by atoms with van der Waals surface area (Å²) in [5, 5.41) is 3.01. The van der Waals surface area contributed by atoms with Crippen molar-refractivity contribution in [2.75, 3.05) is 11.9 Å². The standard InChI is InChI=1S/C18H16ClNO5/c1-11(17(21)20-13-7-3-2-6-12(13)19)24-18(22)16-10-23-14-8-4-5-9-15(14)25-16/h2-9,11,16H,10H2,1H3,(H,20,21)/t11-,16+/m1/s1. The number of anilines is 1. The fraction of sp³-hybridized carbons (Fsp3) is 0.222. The molecule has 1 amide bonds. The van der Waals surface area contributed by atoms with Gasteiger partial charge in [0.05, 0.1) is 10.7 Å². The largest absolute Gasteiger partial charge is 0.485 e. The van der Waals surface area contributed by atoms with Crippen LogP contribution in [0.4, 0.5) is 5.69 Å². The minimum atomic E-state index is -1.01. The lowest BCUT2D eigenvalue weighted by molar-refractivity contribution is -0.162. The Labute approximate surface area is 149 Å². The summed E-state index contributed by atoms with van der Waals surface area (Å²) in [4.78, 5) is 24.4. The molecule has 0 radical (unpaired) electrons. The second kappa shape index (κ2) is 7.44. The molecule has 1 N–H and O–H groups in total. The van der Waals surface area contributed by atoms with E-state index >= 15 is 0 Å². The molecule has 0 aromatic heterocycles. The molecule has 6 nitrogen and oxygen atoms in total. The van der Waals surface area contributed by atoms with Gasteiger partial charge in [0.15, 0.2) is 17.6 Å². The summed E-state index contributed by atoms with van der Waals surface area (Å²) in [6.07, 6.45) is -1.94. The first-order chi connectivity index (χ1) is 12.0. The van der Waals surface area contributed by atoms with Gasteiger partial charge in [-0.05, 0) is 31.2 Å². The summed E-state index contributed by atoms with van der Waals surface area (Å²) >= 11 is 5.99. The number of halogens is 1. The van der Waals surface area contributed by atoms with Gasteiger partial charge in [-0.15, -0.1) is 0 Å². The Morgan fingerprint density at radius 3 is 2.60 bits per heavy atom. The molecule has 0 saturated carbocycles. The van der Waals surface area contributed by atoms with E-state index in [0.29, 0.717) is 22.2 Å². The van der Waals surface area contributed by atoms with Crippen LogP contribution in [0.3, 0.4) is 0 Å². The molecular weight excluding hydrogens is 346 g/mol. The van der Waals surface area contributed by atoms with Crippen LogP contribution < -0.4 is 14.8 Å². The Balaban J connectivity index is 1.57. The Kier molecular flexibility index (Phi) is 5.09. The van der Waals surface area contributed by atoms with Gasteiger partial charge in [0.25, 0.3) is 5.91 Å². The summed E-state index contributed by atoms with van der Waals surface area (Å²) in [5.41, 5.74) is 0.447. The molecule has 0 saturated heterocycles. The van der Waals surface area contributed by atoms with E-state index in [-0.39, 0.29) is 6.61 Å². The average Bonchev–Trinajstić information content (AvgIpc) is 2.63. The third-order valence-electron chi connectivity index (χ3n) is 3.57. The van der Waals surface area contributed by atoms with Crippen molar-refractivity contribution in [1.82, 2.24) is 0 Å². The first-order valence-corrected chi connectivity index (χ1v) is 8.07. The fourth-order valence-electron chi connectivity index (χ4n) is 2.24. The van der Waals surface area contributed by atoms with Gasteiger partial charge in [-0.3, -0.25) is 4.79 Å². The van der Waals surface area contributed by atoms with Crippen LogP contribution in [0.5, 0.6) is 11.5 Å². The highest BCUT2D eigenvalue weighted by atomic mass is 35.5. The van der Waals surface area contributed by atoms with Gasteiger partial charge in [0.1, 0.15) is 6.61 Å². The maximum absolute atomic E-state index is 12.2. The zero-order valence-corrected chi connectivity index (χ0v) is 14.2. The highest BCUT2D eigenvalue weighted by Crippen LogP contribution is 2.31. The lowest BCUT2D eigenvalue weighted by atomic mass is 10.2. The Morgan fingerprint density at radius 1 is 1.16 bits per heavy atom. The fourth-order valence-corrected chi connectivity index (χ4v) is 2.42. The predicted octanol–water partition coefficient (Wildman–Crippen LogP) is 3.05. The third-order valence-corrected chi connectivity index (χ3v) is 3.89. The molecule has 2 aromatic carbocycles. The van der Waals surface area contributed by atoms with Crippen LogP contribution in [0.1, 0.15) is 6.92 Å². The summed E-state index contributed by atoms with van der Waals surface area (Å²) in [6.45, 7) is 1.50. The third kappa shape index (κ3) is 4.03. The molecule has 25 heavy (non-hydrogen) atoms. The SMILES string of the molecule is C[C@@H](OC(=O)[C@@H]1COc2ccccc2O1)C(=O)Nc1ccccc1Cl. The quantitative estimate of drug-likeness (QED) is 0.847. The molecule has 0 bridgehead atoms. The summed E-state index contributed by atoms with van der Waals surface area (Å²) in [7, 11) is 0. The molecule has 7 heteroatoms. The minimum absolute atomic E-state index is 0.0225. The normalized spacial score (nSPS) is 16.6. The second-order valence-electron chi connectivity index (χ2n) is 5.41. The first kappa shape index (κ1) is 17.1. The van der Waals surface area contributed by atoms with Crippen LogP contribution in [-0.4, -0.2) is 30.7 Å². The number of carbonyl (C=O) groups is 2. The van der Waals surface area contributed by atoms with Crippen molar-refractivity contribution in [3.63, 3.8) is 0 Å². The predicted molar refractivity (Wildman–Crippen MR) is 92.0 cm³/mol. The number of nitrogens with one attached hydrogen (secondary N) is 1. The Morgan fingerprint density at radius 2 is 1.84 bits per heavy atom. The first-order valence-electron chi connectivity index (χ1n) is 7.69. The van der Waals surface area contributed by atoms with Crippen molar-refractivity contribution < 1.29 is 23.8 Å². The minimum Gasteiger partial charge on any atom is -0.485 e. The lowest BCUT2D eigenvalue weighted by Crippen LogP contribution is -2.41. The number of carbonyl (C=O) groups excluding carboxylic acids is 2.